The minimum Gasteiger partial charge on any atom is -0.465 e. The standard InChI is InChI=1S/C29H37ClN2O6/c1-4-7-19-37-27(36)23-22-25(34)32(17-8-9-18-33)24(29(22)15-14-28(23,6-3)38-29)26(35)31(16-5-2)21-12-10-20(30)11-13-21/h4-5,10-13,22-24,33H,1-2,6-9,14-19H2,3H3/t22-,23-,24?,28+,29?/m0/s1. The Balaban J connectivity index is 1.76. The summed E-state index contributed by atoms with van der Waals surface area (Å²) in [6.45, 7) is 10.1. The first-order valence-electron chi connectivity index (χ1n) is 13.4. The molecule has 1 aromatic carbocycles. The van der Waals surface area contributed by atoms with Gasteiger partial charge in [-0.2, -0.15) is 0 Å². The fourth-order valence-corrected chi connectivity index (χ4v) is 6.67. The SMILES string of the molecule is C=CCCOC(=O)[C@@H]1[C@H]2C(=O)N(CCCCO)C(C(=O)N(CC=C)c3ccc(Cl)cc3)C23CC[C@@]1(CC)O3. The molecule has 1 N–H and O–H groups in total. The summed E-state index contributed by atoms with van der Waals surface area (Å²) in [5.41, 5.74) is -1.37. The van der Waals surface area contributed by atoms with Crippen molar-refractivity contribution in [3.8, 4) is 0 Å². The van der Waals surface area contributed by atoms with Crippen LogP contribution in [0.5, 0.6) is 0 Å². The number of aliphatic hydroxyl groups is 1. The normalized spacial score (nSPS) is 29.3. The monoisotopic (exact) mass is 544 g/mol. The van der Waals surface area contributed by atoms with Crippen LogP contribution in [-0.2, 0) is 23.9 Å². The summed E-state index contributed by atoms with van der Waals surface area (Å²) in [5.74, 6) is -2.62. The summed E-state index contributed by atoms with van der Waals surface area (Å²) in [6.07, 6.45) is 6.40. The molecule has 8 nitrogen and oxygen atoms in total. The van der Waals surface area contributed by atoms with E-state index in [9.17, 15) is 19.5 Å². The zero-order valence-corrected chi connectivity index (χ0v) is 22.7. The third kappa shape index (κ3) is 4.67. The molecule has 0 radical (unpaired) electrons. The van der Waals surface area contributed by atoms with Crippen LogP contribution in [0.2, 0.25) is 5.02 Å². The van der Waals surface area contributed by atoms with Gasteiger partial charge in [0.15, 0.2) is 0 Å². The lowest BCUT2D eigenvalue weighted by atomic mass is 9.65. The number of halogens is 1. The molecular formula is C29H37ClN2O6. The Bertz CT molecular complexity index is 1080. The first-order valence-corrected chi connectivity index (χ1v) is 13.7. The van der Waals surface area contributed by atoms with Gasteiger partial charge in [0.2, 0.25) is 5.91 Å². The van der Waals surface area contributed by atoms with E-state index in [0.29, 0.717) is 49.2 Å². The van der Waals surface area contributed by atoms with Crippen molar-refractivity contribution in [3.05, 3.63) is 54.6 Å². The van der Waals surface area contributed by atoms with E-state index >= 15 is 0 Å². The Hall–Kier alpha value is -2.68. The summed E-state index contributed by atoms with van der Waals surface area (Å²) < 4.78 is 12.3. The molecule has 0 aliphatic carbocycles. The Labute approximate surface area is 229 Å². The lowest BCUT2D eigenvalue weighted by molar-refractivity contribution is -0.160. The maximum atomic E-state index is 14.4. The van der Waals surface area contributed by atoms with Gasteiger partial charge in [-0.3, -0.25) is 14.4 Å². The minimum atomic E-state index is -1.14. The first-order chi connectivity index (χ1) is 18.3. The van der Waals surface area contributed by atoms with E-state index in [-0.39, 0.29) is 38.1 Å². The highest BCUT2D eigenvalue weighted by Gasteiger charge is 2.79. The molecule has 3 saturated heterocycles. The molecule has 9 heteroatoms. The smallest absolute Gasteiger partial charge is 0.312 e. The van der Waals surface area contributed by atoms with E-state index in [4.69, 9.17) is 21.1 Å². The van der Waals surface area contributed by atoms with Gasteiger partial charge in [-0.25, -0.2) is 0 Å². The number of ether oxygens (including phenoxy) is 2. The van der Waals surface area contributed by atoms with Crippen molar-refractivity contribution in [1.82, 2.24) is 4.90 Å². The van der Waals surface area contributed by atoms with Crippen molar-refractivity contribution in [2.75, 3.05) is 31.2 Å². The van der Waals surface area contributed by atoms with Crippen LogP contribution in [0.15, 0.2) is 49.6 Å². The van der Waals surface area contributed by atoms with Gasteiger partial charge >= 0.3 is 5.97 Å². The average Bonchev–Trinajstić information content (AvgIpc) is 3.51. The lowest BCUT2D eigenvalue weighted by Gasteiger charge is -2.37. The predicted molar refractivity (Wildman–Crippen MR) is 145 cm³/mol. The number of unbranched alkanes of at least 4 members (excludes halogenated alkanes) is 1. The quantitative estimate of drug-likeness (QED) is 0.230. The molecule has 5 atom stereocenters. The molecule has 3 fully saturated rings. The molecule has 3 aliphatic heterocycles. The Kier molecular flexibility index (Phi) is 8.65. The van der Waals surface area contributed by atoms with Gasteiger partial charge in [-0.05, 0) is 62.8 Å². The van der Waals surface area contributed by atoms with Gasteiger partial charge < -0.3 is 24.4 Å². The van der Waals surface area contributed by atoms with E-state index < -0.39 is 35.0 Å². The molecule has 3 aliphatic rings. The first kappa shape index (κ1) is 28.3. The number of anilines is 1. The van der Waals surface area contributed by atoms with Crippen molar-refractivity contribution in [1.29, 1.82) is 0 Å². The van der Waals surface area contributed by atoms with Crippen molar-refractivity contribution in [2.45, 2.75) is 62.7 Å². The number of amides is 2. The molecular weight excluding hydrogens is 508 g/mol. The molecule has 0 saturated carbocycles. The number of likely N-dealkylation sites (tertiary alicyclic amines) is 1. The third-order valence-electron chi connectivity index (χ3n) is 8.26. The summed E-state index contributed by atoms with van der Waals surface area (Å²) in [4.78, 5) is 45.1. The average molecular weight is 545 g/mol. The van der Waals surface area contributed by atoms with E-state index in [1.165, 1.54) is 0 Å². The fraction of sp³-hybridized carbons (Fsp3) is 0.552. The topological polar surface area (TPSA) is 96.4 Å². The van der Waals surface area contributed by atoms with Crippen LogP contribution in [0.25, 0.3) is 0 Å². The third-order valence-corrected chi connectivity index (χ3v) is 8.51. The van der Waals surface area contributed by atoms with Crippen LogP contribution in [0.1, 0.15) is 45.4 Å². The fourth-order valence-electron chi connectivity index (χ4n) is 6.54. The minimum absolute atomic E-state index is 0.0176. The van der Waals surface area contributed by atoms with Gasteiger partial charge in [-0.15, -0.1) is 13.2 Å². The van der Waals surface area contributed by atoms with Crippen molar-refractivity contribution in [3.63, 3.8) is 0 Å². The van der Waals surface area contributed by atoms with Crippen LogP contribution < -0.4 is 4.90 Å². The summed E-state index contributed by atoms with van der Waals surface area (Å²) in [7, 11) is 0. The number of benzene rings is 1. The summed E-state index contributed by atoms with van der Waals surface area (Å²) >= 11 is 6.09. The van der Waals surface area contributed by atoms with Gasteiger partial charge in [0.25, 0.3) is 5.91 Å². The van der Waals surface area contributed by atoms with Gasteiger partial charge in [0.1, 0.15) is 17.6 Å². The van der Waals surface area contributed by atoms with Gasteiger partial charge in [0, 0.05) is 30.4 Å². The molecule has 2 bridgehead atoms. The molecule has 38 heavy (non-hydrogen) atoms. The van der Waals surface area contributed by atoms with Crippen LogP contribution in [-0.4, -0.2) is 71.3 Å². The second-order valence-electron chi connectivity index (χ2n) is 10.3. The van der Waals surface area contributed by atoms with Crippen LogP contribution in [0.4, 0.5) is 5.69 Å². The number of fused-ring (bicyclic) bond motifs is 1. The van der Waals surface area contributed by atoms with E-state index in [2.05, 4.69) is 13.2 Å². The maximum absolute atomic E-state index is 14.4. The highest BCUT2D eigenvalue weighted by Crippen LogP contribution is 2.64. The molecule has 2 amide bonds. The lowest BCUT2D eigenvalue weighted by Crippen LogP contribution is -2.56. The second kappa shape index (κ2) is 11.6. The van der Waals surface area contributed by atoms with Crippen LogP contribution in [0.3, 0.4) is 0 Å². The van der Waals surface area contributed by atoms with Crippen LogP contribution in [0, 0.1) is 11.8 Å². The molecule has 206 valence electrons. The number of aliphatic hydroxyl groups excluding tert-OH is 1. The van der Waals surface area contributed by atoms with E-state index in [0.717, 1.165) is 0 Å². The highest BCUT2D eigenvalue weighted by molar-refractivity contribution is 6.30. The molecule has 1 aromatic rings. The zero-order valence-electron chi connectivity index (χ0n) is 21.9. The summed E-state index contributed by atoms with van der Waals surface area (Å²) in [5, 5.41) is 9.91. The van der Waals surface area contributed by atoms with Crippen LogP contribution >= 0.6 is 11.6 Å². The second-order valence-corrected chi connectivity index (χ2v) is 10.7. The van der Waals surface area contributed by atoms with Gasteiger partial charge in [0.05, 0.1) is 18.1 Å². The van der Waals surface area contributed by atoms with Crippen molar-refractivity contribution >= 4 is 35.1 Å². The largest absolute Gasteiger partial charge is 0.465 e. The molecule has 3 heterocycles. The molecule has 2 unspecified atom stereocenters. The van der Waals surface area contributed by atoms with Crippen molar-refractivity contribution in [2.24, 2.45) is 11.8 Å². The number of carbonyl (C=O) groups excluding carboxylic acids is 3. The number of rotatable bonds is 13. The number of carbonyl (C=O) groups is 3. The van der Waals surface area contributed by atoms with E-state index in [1.807, 2.05) is 6.92 Å². The number of nitrogens with zero attached hydrogens (tertiary/aromatic N) is 2. The number of hydrogen-bond donors (Lipinski definition) is 1. The zero-order chi connectivity index (χ0) is 27.5. The summed E-state index contributed by atoms with van der Waals surface area (Å²) in [6, 6.07) is 6.00. The molecule has 0 aromatic heterocycles. The molecule has 1 spiro atoms. The number of hydrogen-bond acceptors (Lipinski definition) is 6. The van der Waals surface area contributed by atoms with E-state index in [1.54, 1.807) is 46.2 Å². The van der Waals surface area contributed by atoms with Crippen molar-refractivity contribution < 1.29 is 29.0 Å². The molecule has 4 rings (SSSR count). The Morgan fingerprint density at radius 2 is 1.97 bits per heavy atom. The maximum Gasteiger partial charge on any atom is 0.312 e. The highest BCUT2D eigenvalue weighted by atomic mass is 35.5. The number of esters is 1. The van der Waals surface area contributed by atoms with Gasteiger partial charge in [-0.1, -0.05) is 30.7 Å². The Morgan fingerprint density at radius 3 is 2.61 bits per heavy atom. The predicted octanol–water partition coefficient (Wildman–Crippen LogP) is 3.91. The Morgan fingerprint density at radius 1 is 1.24 bits per heavy atom.